The monoisotopic (exact) mass is 416 g/mol. The van der Waals surface area contributed by atoms with E-state index in [-0.39, 0.29) is 5.91 Å². The van der Waals surface area contributed by atoms with Crippen LogP contribution in [0.3, 0.4) is 0 Å². The number of rotatable bonds is 3. The molecule has 0 saturated carbocycles. The van der Waals surface area contributed by atoms with Crippen molar-refractivity contribution < 1.29 is 4.79 Å². The van der Waals surface area contributed by atoms with Crippen LogP contribution in [0, 0.1) is 6.92 Å². The Hall–Kier alpha value is -3.52. The zero-order chi connectivity index (χ0) is 20.8. The number of hydrogen-bond acceptors (Lipinski definition) is 6. The molecule has 0 spiro atoms. The van der Waals surface area contributed by atoms with Gasteiger partial charge in [0.05, 0.1) is 27.6 Å². The molecule has 150 valence electrons. The lowest BCUT2D eigenvalue weighted by atomic mass is 9.95. The molecule has 8 heteroatoms. The number of pyridine rings is 1. The SMILES string of the molecule is CC(=O)Nc1nc2c(s1)-c1c(c(-c3ccc(C)nc3)nn1-c1cccc(N)c1)CC2. The van der Waals surface area contributed by atoms with Crippen molar-refractivity contribution in [2.45, 2.75) is 26.7 Å². The zero-order valence-electron chi connectivity index (χ0n) is 16.6. The van der Waals surface area contributed by atoms with Crippen LogP contribution in [-0.2, 0) is 17.6 Å². The first kappa shape index (κ1) is 18.5. The van der Waals surface area contributed by atoms with E-state index in [0.29, 0.717) is 10.8 Å². The number of nitrogens with one attached hydrogen (secondary N) is 1. The third kappa shape index (κ3) is 3.15. The van der Waals surface area contributed by atoms with Crippen molar-refractivity contribution in [2.24, 2.45) is 0 Å². The molecular weight excluding hydrogens is 396 g/mol. The summed E-state index contributed by atoms with van der Waals surface area (Å²) in [6.45, 7) is 3.46. The lowest BCUT2D eigenvalue weighted by Crippen LogP contribution is -2.07. The maximum atomic E-state index is 11.5. The third-order valence-electron chi connectivity index (χ3n) is 5.09. The molecule has 0 saturated heterocycles. The number of aryl methyl sites for hydroxylation is 2. The summed E-state index contributed by atoms with van der Waals surface area (Å²) in [5, 5.41) is 8.41. The van der Waals surface area contributed by atoms with Gasteiger partial charge in [0.15, 0.2) is 5.13 Å². The number of amides is 1. The maximum Gasteiger partial charge on any atom is 0.223 e. The van der Waals surface area contributed by atoms with Gasteiger partial charge in [0.1, 0.15) is 0 Å². The number of anilines is 2. The van der Waals surface area contributed by atoms with Crippen molar-refractivity contribution in [3.8, 4) is 27.5 Å². The Balaban J connectivity index is 1.74. The number of fused-ring (bicyclic) bond motifs is 3. The second kappa shape index (κ2) is 7.07. The molecule has 0 unspecified atom stereocenters. The standard InChI is InChI=1S/C22H20N6OS/c1-12-6-7-14(11-24-12)19-17-8-9-18-21(30-22(26-18)25-13(2)29)20(17)28(27-19)16-5-3-4-15(23)10-16/h3-7,10-11H,8-9,23H2,1-2H3,(H,25,26,29). The van der Waals surface area contributed by atoms with E-state index in [9.17, 15) is 4.79 Å². The summed E-state index contributed by atoms with van der Waals surface area (Å²) >= 11 is 1.48. The summed E-state index contributed by atoms with van der Waals surface area (Å²) in [7, 11) is 0. The van der Waals surface area contributed by atoms with Crippen molar-refractivity contribution in [2.75, 3.05) is 11.1 Å². The summed E-state index contributed by atoms with van der Waals surface area (Å²) in [4.78, 5) is 21.7. The largest absolute Gasteiger partial charge is 0.399 e. The minimum atomic E-state index is -0.128. The van der Waals surface area contributed by atoms with Gasteiger partial charge >= 0.3 is 0 Å². The van der Waals surface area contributed by atoms with Crippen LogP contribution in [0.4, 0.5) is 10.8 Å². The molecule has 0 bridgehead atoms. The van der Waals surface area contributed by atoms with Gasteiger partial charge in [-0.25, -0.2) is 9.67 Å². The highest BCUT2D eigenvalue weighted by Crippen LogP contribution is 2.44. The number of aromatic nitrogens is 4. The first-order valence-electron chi connectivity index (χ1n) is 9.68. The first-order chi connectivity index (χ1) is 14.5. The van der Waals surface area contributed by atoms with Gasteiger partial charge in [-0.2, -0.15) is 5.10 Å². The normalized spacial score (nSPS) is 12.3. The Bertz CT molecular complexity index is 1270. The number of hydrogen-bond donors (Lipinski definition) is 2. The number of nitrogens with two attached hydrogens (primary N) is 1. The van der Waals surface area contributed by atoms with Gasteiger partial charge in [0.25, 0.3) is 0 Å². The Morgan fingerprint density at radius 1 is 1.23 bits per heavy atom. The highest BCUT2D eigenvalue weighted by atomic mass is 32.1. The van der Waals surface area contributed by atoms with Crippen LogP contribution in [0.1, 0.15) is 23.9 Å². The molecule has 3 N–H and O–H groups in total. The molecule has 1 aliphatic rings. The summed E-state index contributed by atoms with van der Waals surface area (Å²) in [5.74, 6) is -0.128. The Morgan fingerprint density at radius 3 is 2.83 bits per heavy atom. The summed E-state index contributed by atoms with van der Waals surface area (Å²) in [5.41, 5.74) is 13.6. The summed E-state index contributed by atoms with van der Waals surface area (Å²) in [6, 6.07) is 11.7. The zero-order valence-corrected chi connectivity index (χ0v) is 17.5. The summed E-state index contributed by atoms with van der Waals surface area (Å²) in [6.07, 6.45) is 3.48. The molecule has 4 aromatic rings. The molecule has 3 aromatic heterocycles. The predicted molar refractivity (Wildman–Crippen MR) is 119 cm³/mol. The lowest BCUT2D eigenvalue weighted by molar-refractivity contribution is -0.114. The number of carbonyl (C=O) groups excluding carboxylic acids is 1. The quantitative estimate of drug-likeness (QED) is 0.492. The molecule has 0 fully saturated rings. The molecule has 1 aromatic carbocycles. The third-order valence-corrected chi connectivity index (χ3v) is 6.11. The van der Waals surface area contributed by atoms with E-state index < -0.39 is 0 Å². The minimum Gasteiger partial charge on any atom is -0.399 e. The second-order valence-electron chi connectivity index (χ2n) is 7.35. The number of nitrogen functional groups attached to an aromatic ring is 1. The molecular formula is C22H20N6OS. The van der Waals surface area contributed by atoms with Crippen LogP contribution in [0.25, 0.3) is 27.5 Å². The fourth-order valence-electron chi connectivity index (χ4n) is 3.76. The topological polar surface area (TPSA) is 98.7 Å². The molecule has 30 heavy (non-hydrogen) atoms. The van der Waals surface area contributed by atoms with Gasteiger partial charge in [-0.3, -0.25) is 9.78 Å². The van der Waals surface area contributed by atoms with Crippen molar-refractivity contribution in [1.29, 1.82) is 0 Å². The Kier molecular flexibility index (Phi) is 4.36. The number of carbonyl (C=O) groups is 1. The Labute approximate surface area is 177 Å². The average Bonchev–Trinajstić information content (AvgIpc) is 3.29. The summed E-state index contributed by atoms with van der Waals surface area (Å²) < 4.78 is 1.94. The lowest BCUT2D eigenvalue weighted by Gasteiger charge is -2.14. The Morgan fingerprint density at radius 2 is 2.10 bits per heavy atom. The maximum absolute atomic E-state index is 11.5. The minimum absolute atomic E-state index is 0.128. The van der Waals surface area contributed by atoms with Crippen molar-refractivity contribution in [1.82, 2.24) is 19.7 Å². The van der Waals surface area contributed by atoms with Gasteiger partial charge in [-0.15, -0.1) is 0 Å². The predicted octanol–water partition coefficient (Wildman–Crippen LogP) is 4.01. The first-order valence-corrected chi connectivity index (χ1v) is 10.5. The molecule has 0 aliphatic heterocycles. The van der Waals surface area contributed by atoms with Gasteiger partial charge < -0.3 is 11.1 Å². The van der Waals surface area contributed by atoms with Crippen LogP contribution in [0.2, 0.25) is 0 Å². The average molecular weight is 417 g/mol. The van der Waals surface area contributed by atoms with E-state index in [1.807, 2.05) is 48.1 Å². The molecule has 1 aliphatic carbocycles. The van der Waals surface area contributed by atoms with Crippen LogP contribution >= 0.6 is 11.3 Å². The van der Waals surface area contributed by atoms with Crippen molar-refractivity contribution in [3.63, 3.8) is 0 Å². The van der Waals surface area contributed by atoms with Gasteiger partial charge in [0, 0.05) is 35.6 Å². The smallest absolute Gasteiger partial charge is 0.223 e. The molecule has 3 heterocycles. The molecule has 1 amide bonds. The molecule has 5 rings (SSSR count). The van der Waals surface area contributed by atoms with Crippen LogP contribution in [-0.4, -0.2) is 25.7 Å². The highest BCUT2D eigenvalue weighted by Gasteiger charge is 2.30. The molecule has 0 radical (unpaired) electrons. The van der Waals surface area contributed by atoms with Crippen LogP contribution in [0.15, 0.2) is 42.6 Å². The second-order valence-corrected chi connectivity index (χ2v) is 8.35. The van der Waals surface area contributed by atoms with E-state index in [4.69, 9.17) is 10.8 Å². The highest BCUT2D eigenvalue weighted by molar-refractivity contribution is 7.19. The fourth-order valence-corrected chi connectivity index (χ4v) is 4.87. The van der Waals surface area contributed by atoms with Crippen LogP contribution in [0.5, 0.6) is 0 Å². The number of nitrogens with zero attached hydrogens (tertiary/aromatic N) is 4. The van der Waals surface area contributed by atoms with Gasteiger partial charge in [0.2, 0.25) is 5.91 Å². The van der Waals surface area contributed by atoms with E-state index in [1.54, 1.807) is 0 Å². The fraction of sp³-hybridized carbons (Fsp3) is 0.182. The number of thiazole rings is 1. The molecule has 7 nitrogen and oxygen atoms in total. The van der Waals surface area contributed by atoms with Crippen molar-refractivity contribution in [3.05, 3.63) is 59.5 Å². The van der Waals surface area contributed by atoms with Crippen LogP contribution < -0.4 is 11.1 Å². The van der Waals surface area contributed by atoms with E-state index in [1.165, 1.54) is 18.3 Å². The number of benzene rings is 1. The molecule has 0 atom stereocenters. The van der Waals surface area contributed by atoms with E-state index in [2.05, 4.69) is 21.4 Å². The van der Waals surface area contributed by atoms with E-state index >= 15 is 0 Å². The van der Waals surface area contributed by atoms with Gasteiger partial charge in [-0.1, -0.05) is 17.4 Å². The van der Waals surface area contributed by atoms with Crippen molar-refractivity contribution >= 4 is 28.1 Å². The van der Waals surface area contributed by atoms with Gasteiger partial charge in [-0.05, 0) is 50.1 Å². The van der Waals surface area contributed by atoms with E-state index in [0.717, 1.165) is 57.3 Å².